The van der Waals surface area contributed by atoms with Gasteiger partial charge in [-0.05, 0) is 63.2 Å². The number of carbonyl (C=O) groups is 4. The molecule has 1 heterocycles. The van der Waals surface area contributed by atoms with Crippen LogP contribution in [0.15, 0.2) is 42.5 Å². The number of benzene rings is 2. The first-order valence-electron chi connectivity index (χ1n) is 9.87. The molecule has 0 atom stereocenters. The highest BCUT2D eigenvalue weighted by molar-refractivity contribution is 6.22. The molecule has 2 aromatic rings. The fraction of sp³-hybridized carbons (Fsp3) is 0.304. The number of hydrogen-bond donors (Lipinski definition) is 2. The number of nitrogens with one attached hydrogen (secondary N) is 2. The predicted molar refractivity (Wildman–Crippen MR) is 114 cm³/mol. The van der Waals surface area contributed by atoms with Gasteiger partial charge in [0.1, 0.15) is 5.75 Å². The van der Waals surface area contributed by atoms with Crippen molar-refractivity contribution in [3.05, 3.63) is 64.7 Å². The van der Waals surface area contributed by atoms with Crippen LogP contribution in [0.3, 0.4) is 0 Å². The van der Waals surface area contributed by atoms with Crippen LogP contribution in [0, 0.1) is 0 Å². The number of rotatable bonds is 6. The number of imide groups is 1. The van der Waals surface area contributed by atoms with Gasteiger partial charge in [0.05, 0.1) is 18.2 Å². The molecule has 4 amide bonds. The Labute approximate surface area is 180 Å². The van der Waals surface area contributed by atoms with Crippen molar-refractivity contribution in [1.82, 2.24) is 15.5 Å². The molecular formula is C23H25N3O5. The molecule has 2 aromatic carbocycles. The second-order valence-electron chi connectivity index (χ2n) is 8.12. The van der Waals surface area contributed by atoms with Crippen molar-refractivity contribution in [3.8, 4) is 5.75 Å². The largest absolute Gasteiger partial charge is 0.497 e. The zero-order chi connectivity index (χ0) is 22.8. The second kappa shape index (κ2) is 8.59. The minimum Gasteiger partial charge on any atom is -0.497 e. The van der Waals surface area contributed by atoms with Crippen molar-refractivity contribution >= 4 is 23.6 Å². The van der Waals surface area contributed by atoms with E-state index in [1.54, 1.807) is 52.1 Å². The van der Waals surface area contributed by atoms with E-state index >= 15 is 0 Å². The zero-order valence-electron chi connectivity index (χ0n) is 17.9. The lowest BCUT2D eigenvalue weighted by Gasteiger charge is -2.29. The molecule has 0 saturated carbocycles. The summed E-state index contributed by atoms with van der Waals surface area (Å²) in [5.41, 5.74) is 0.621. The van der Waals surface area contributed by atoms with Crippen LogP contribution in [0.25, 0.3) is 0 Å². The molecule has 2 N–H and O–H groups in total. The van der Waals surface area contributed by atoms with Crippen LogP contribution >= 0.6 is 0 Å². The summed E-state index contributed by atoms with van der Waals surface area (Å²) in [7, 11) is 1.55. The smallest absolute Gasteiger partial charge is 0.262 e. The molecule has 31 heavy (non-hydrogen) atoms. The van der Waals surface area contributed by atoms with E-state index < -0.39 is 17.4 Å². The lowest BCUT2D eigenvalue weighted by atomic mass is 10.1. The first kappa shape index (κ1) is 22.0. The summed E-state index contributed by atoms with van der Waals surface area (Å²) in [6.45, 7) is 5.78. The minimum atomic E-state index is -0.655. The van der Waals surface area contributed by atoms with Gasteiger partial charge in [0, 0.05) is 29.8 Å². The molecular weight excluding hydrogens is 398 g/mol. The van der Waals surface area contributed by atoms with Crippen LogP contribution in [0.5, 0.6) is 5.75 Å². The van der Waals surface area contributed by atoms with Crippen LogP contribution in [0.1, 0.15) is 62.2 Å². The molecule has 1 aliphatic rings. The molecule has 0 aromatic heterocycles. The summed E-state index contributed by atoms with van der Waals surface area (Å²) < 4.78 is 5.06. The van der Waals surface area contributed by atoms with Crippen molar-refractivity contribution in [2.45, 2.75) is 26.3 Å². The number of carbonyl (C=O) groups excluding carboxylic acids is 4. The van der Waals surface area contributed by atoms with Gasteiger partial charge in [0.2, 0.25) is 0 Å². The molecule has 0 unspecified atom stereocenters. The van der Waals surface area contributed by atoms with Crippen molar-refractivity contribution in [2.75, 3.05) is 20.2 Å². The van der Waals surface area contributed by atoms with Crippen molar-refractivity contribution in [3.63, 3.8) is 0 Å². The molecule has 0 fully saturated rings. The first-order chi connectivity index (χ1) is 14.6. The third kappa shape index (κ3) is 4.58. The maximum Gasteiger partial charge on any atom is 0.262 e. The van der Waals surface area contributed by atoms with Gasteiger partial charge in [-0.3, -0.25) is 24.1 Å². The van der Waals surface area contributed by atoms with Crippen molar-refractivity contribution in [1.29, 1.82) is 0 Å². The molecule has 0 radical (unpaired) electrons. The zero-order valence-corrected chi connectivity index (χ0v) is 17.9. The summed E-state index contributed by atoms with van der Waals surface area (Å²) in [4.78, 5) is 51.0. The Morgan fingerprint density at radius 3 is 1.90 bits per heavy atom. The van der Waals surface area contributed by atoms with E-state index in [2.05, 4.69) is 10.6 Å². The van der Waals surface area contributed by atoms with E-state index in [4.69, 9.17) is 4.74 Å². The van der Waals surface area contributed by atoms with Gasteiger partial charge in [-0.15, -0.1) is 0 Å². The highest BCUT2D eigenvalue weighted by Crippen LogP contribution is 2.29. The standard InChI is InChI=1S/C23H25N3O5/c1-23(2,3)26-21(29)17-10-7-15(13-18(17)22(26)30)20(28)25-12-11-24-19(27)14-5-8-16(31-4)9-6-14/h5-10,13H,11-12H2,1-4H3,(H,24,27)(H,25,28). The number of hydrogen-bond acceptors (Lipinski definition) is 5. The monoisotopic (exact) mass is 423 g/mol. The van der Waals surface area contributed by atoms with E-state index in [-0.39, 0.29) is 36.0 Å². The van der Waals surface area contributed by atoms with Gasteiger partial charge in [0.25, 0.3) is 23.6 Å². The van der Waals surface area contributed by atoms with Crippen LogP contribution in [0.4, 0.5) is 0 Å². The molecule has 162 valence electrons. The molecule has 0 bridgehead atoms. The maximum absolute atomic E-state index is 12.7. The normalized spacial score (nSPS) is 13.1. The molecule has 8 heteroatoms. The van der Waals surface area contributed by atoms with Crippen LogP contribution < -0.4 is 15.4 Å². The Bertz CT molecular complexity index is 1040. The highest BCUT2D eigenvalue weighted by atomic mass is 16.5. The molecule has 3 rings (SSSR count). The SMILES string of the molecule is COc1ccc(C(=O)NCCNC(=O)c2ccc3c(c2)C(=O)N(C(C)(C)C)C3=O)cc1. The third-order valence-electron chi connectivity index (χ3n) is 4.87. The molecule has 0 saturated heterocycles. The van der Waals surface area contributed by atoms with Gasteiger partial charge in [-0.2, -0.15) is 0 Å². The van der Waals surface area contributed by atoms with Gasteiger partial charge in [-0.1, -0.05) is 0 Å². The summed E-state index contributed by atoms with van der Waals surface area (Å²) >= 11 is 0. The summed E-state index contributed by atoms with van der Waals surface area (Å²) in [6.07, 6.45) is 0. The fourth-order valence-electron chi connectivity index (χ4n) is 3.29. The van der Waals surface area contributed by atoms with E-state index in [9.17, 15) is 19.2 Å². The number of amides is 4. The molecule has 0 aliphatic carbocycles. The van der Waals surface area contributed by atoms with E-state index in [0.717, 1.165) is 0 Å². The number of ether oxygens (including phenoxy) is 1. The Morgan fingerprint density at radius 1 is 0.839 bits per heavy atom. The summed E-state index contributed by atoms with van der Waals surface area (Å²) in [5.74, 6) is -0.768. The summed E-state index contributed by atoms with van der Waals surface area (Å²) in [5, 5.41) is 5.42. The maximum atomic E-state index is 12.7. The van der Waals surface area contributed by atoms with Gasteiger partial charge in [0.15, 0.2) is 0 Å². The Morgan fingerprint density at radius 2 is 1.35 bits per heavy atom. The first-order valence-corrected chi connectivity index (χ1v) is 9.87. The topological polar surface area (TPSA) is 105 Å². The lowest BCUT2D eigenvalue weighted by Crippen LogP contribution is -2.45. The van der Waals surface area contributed by atoms with E-state index in [1.807, 2.05) is 0 Å². The highest BCUT2D eigenvalue weighted by Gasteiger charge is 2.42. The van der Waals surface area contributed by atoms with E-state index in [1.165, 1.54) is 23.1 Å². The van der Waals surface area contributed by atoms with Crippen LogP contribution in [-0.2, 0) is 0 Å². The average Bonchev–Trinajstić information content (AvgIpc) is 3.00. The molecule has 0 spiro atoms. The molecule has 1 aliphatic heterocycles. The van der Waals surface area contributed by atoms with Crippen LogP contribution in [0.2, 0.25) is 0 Å². The Kier molecular flexibility index (Phi) is 6.10. The quantitative estimate of drug-likeness (QED) is 0.548. The van der Waals surface area contributed by atoms with Gasteiger partial charge >= 0.3 is 0 Å². The lowest BCUT2D eigenvalue weighted by molar-refractivity contribution is 0.0507. The average molecular weight is 423 g/mol. The fourth-order valence-corrected chi connectivity index (χ4v) is 3.29. The molecule has 8 nitrogen and oxygen atoms in total. The Hall–Kier alpha value is -3.68. The number of methoxy groups -OCH3 is 1. The van der Waals surface area contributed by atoms with Crippen LogP contribution in [-0.4, -0.2) is 54.3 Å². The van der Waals surface area contributed by atoms with Crippen molar-refractivity contribution in [2.24, 2.45) is 0 Å². The van der Waals surface area contributed by atoms with Gasteiger partial charge in [-0.25, -0.2) is 0 Å². The van der Waals surface area contributed by atoms with Gasteiger partial charge < -0.3 is 15.4 Å². The predicted octanol–water partition coefficient (Wildman–Crippen LogP) is 2.25. The number of fused-ring (bicyclic) bond motifs is 1. The Balaban J connectivity index is 1.56. The third-order valence-corrected chi connectivity index (χ3v) is 4.87. The van der Waals surface area contributed by atoms with Crippen molar-refractivity contribution < 1.29 is 23.9 Å². The van der Waals surface area contributed by atoms with E-state index in [0.29, 0.717) is 16.9 Å². The second-order valence-corrected chi connectivity index (χ2v) is 8.12. The number of nitrogens with zero attached hydrogens (tertiary/aromatic N) is 1. The minimum absolute atomic E-state index is 0.207. The summed E-state index contributed by atoms with van der Waals surface area (Å²) in [6, 6.07) is 11.1.